The van der Waals surface area contributed by atoms with Crippen LogP contribution in [0.15, 0.2) is 40.2 Å². The predicted octanol–water partition coefficient (Wildman–Crippen LogP) is 0.0807. The number of fused-ring (bicyclic) bond motifs is 8. The van der Waals surface area contributed by atoms with Gasteiger partial charge < -0.3 is 30.3 Å². The number of nitrogens with zero attached hydrogens (tertiary/aromatic N) is 7. The van der Waals surface area contributed by atoms with E-state index in [9.17, 15) is 33.9 Å². The number of nitrogens with one attached hydrogen (secondary N) is 3. The first kappa shape index (κ1) is 38.2. The number of rotatable bonds is 2. The van der Waals surface area contributed by atoms with Gasteiger partial charge in [0.05, 0.1) is 13.3 Å². The van der Waals surface area contributed by atoms with Crippen LogP contribution in [0.3, 0.4) is 0 Å². The molecule has 18 nitrogen and oxygen atoms in total. The van der Waals surface area contributed by atoms with Gasteiger partial charge in [-0.15, -0.1) is 0 Å². The van der Waals surface area contributed by atoms with Crippen LogP contribution >= 0.6 is 11.6 Å². The van der Waals surface area contributed by atoms with Gasteiger partial charge in [0, 0.05) is 42.5 Å². The third-order valence-corrected chi connectivity index (χ3v) is 11.6. The van der Waals surface area contributed by atoms with Crippen molar-refractivity contribution in [3.63, 3.8) is 0 Å². The van der Waals surface area contributed by atoms with Gasteiger partial charge in [0.2, 0.25) is 11.8 Å². The maximum Gasteiger partial charge on any atom is 0.268 e. The van der Waals surface area contributed by atoms with Crippen molar-refractivity contribution in [2.75, 3.05) is 26.0 Å². The first-order chi connectivity index (χ1) is 26.2. The van der Waals surface area contributed by atoms with E-state index in [-0.39, 0.29) is 25.0 Å². The number of hydrogen-bond acceptors (Lipinski definition) is 12. The van der Waals surface area contributed by atoms with E-state index in [1.165, 1.54) is 54.4 Å². The molecule has 294 valence electrons. The highest BCUT2D eigenvalue weighted by Crippen LogP contribution is 2.50. The fourth-order valence-electron chi connectivity index (χ4n) is 8.19. The average molecular weight is 781 g/mol. The van der Waals surface area contributed by atoms with Crippen molar-refractivity contribution in [2.24, 2.45) is 16.1 Å². The molecular formula is C36H45ClN10O8. The number of ether oxygens (including phenoxy) is 1. The molecule has 1 aromatic carbocycles. The van der Waals surface area contributed by atoms with Crippen LogP contribution in [0.2, 0.25) is 5.02 Å². The Kier molecular flexibility index (Phi) is 10.1. The minimum atomic E-state index is -1.75. The maximum absolute atomic E-state index is 14.9. The Bertz CT molecular complexity index is 1910. The fraction of sp³-hybridized carbons (Fsp3) is 0.556. The predicted molar refractivity (Wildman–Crippen MR) is 197 cm³/mol. The number of methoxy groups -OCH3 is 1. The summed E-state index contributed by atoms with van der Waals surface area (Å²) in [6, 6.07) is -2.57. The zero-order valence-corrected chi connectivity index (χ0v) is 31.9. The number of hydrogen-bond donors (Lipinski definition) is 4. The second-order valence-corrected chi connectivity index (χ2v) is 15.4. The number of carbonyl (C=O) groups excluding carboxylic acids is 6. The summed E-state index contributed by atoms with van der Waals surface area (Å²) in [7, 11) is 2.79. The van der Waals surface area contributed by atoms with Crippen LogP contribution in [-0.2, 0) is 39.1 Å². The molecule has 6 aliphatic heterocycles. The fourth-order valence-corrected chi connectivity index (χ4v) is 8.36. The van der Waals surface area contributed by atoms with Crippen molar-refractivity contribution in [2.45, 2.75) is 101 Å². The van der Waals surface area contributed by atoms with Gasteiger partial charge in [-0.05, 0) is 56.7 Å². The van der Waals surface area contributed by atoms with Gasteiger partial charge in [0.25, 0.3) is 23.6 Å². The van der Waals surface area contributed by atoms with Crippen LogP contribution in [0, 0.1) is 5.92 Å². The third-order valence-electron chi connectivity index (χ3n) is 11.3. The van der Waals surface area contributed by atoms with Crippen LogP contribution in [0.1, 0.15) is 58.4 Å². The van der Waals surface area contributed by atoms with Gasteiger partial charge in [0.15, 0.2) is 6.04 Å². The highest BCUT2D eigenvalue weighted by atomic mass is 35.5. The topological polar surface area (TPSA) is 209 Å². The average Bonchev–Trinajstić information content (AvgIpc) is 3.64. The lowest BCUT2D eigenvalue weighted by Gasteiger charge is -2.42. The zero-order valence-electron chi connectivity index (χ0n) is 31.1. The molecule has 19 heteroatoms. The second-order valence-electron chi connectivity index (χ2n) is 15.0. The summed E-state index contributed by atoms with van der Waals surface area (Å²) in [5.74, 6) is -4.37. The van der Waals surface area contributed by atoms with E-state index in [0.717, 1.165) is 10.0 Å². The van der Waals surface area contributed by atoms with Gasteiger partial charge in [-0.3, -0.25) is 33.8 Å². The maximum atomic E-state index is 14.9. The molecule has 0 bridgehead atoms. The van der Waals surface area contributed by atoms with E-state index in [1.54, 1.807) is 32.0 Å². The van der Waals surface area contributed by atoms with Crippen LogP contribution in [0.4, 0.5) is 5.69 Å². The number of amides is 6. The summed E-state index contributed by atoms with van der Waals surface area (Å²) >= 11 is 6.29. The monoisotopic (exact) mass is 780 g/mol. The first-order valence-corrected chi connectivity index (χ1v) is 18.8. The number of halogens is 1. The molecule has 6 heterocycles. The number of anilines is 1. The number of allylic oxidation sites excluding steroid dienone is 1. The summed E-state index contributed by atoms with van der Waals surface area (Å²) < 4.78 is 5.34. The molecule has 6 aliphatic rings. The zero-order chi connectivity index (χ0) is 39.5. The molecule has 3 saturated heterocycles. The van der Waals surface area contributed by atoms with E-state index >= 15 is 0 Å². The molecule has 4 N–H and O–H groups in total. The van der Waals surface area contributed by atoms with Gasteiger partial charge in [-0.1, -0.05) is 31.5 Å². The Morgan fingerprint density at radius 1 is 0.945 bits per heavy atom. The number of likely N-dealkylation sites (N-methyl/N-ethyl adjacent to an activating group) is 1. The summed E-state index contributed by atoms with van der Waals surface area (Å²) in [6.45, 7) is 5.28. The SMILES string of the molecule is COC1=CC2C(=O)N(C)[C@@H](C)C(=O)N3NCCC[C@@H]3C(=O)N3C(CC4(O)c5ccc(Cl)cc5NC34)C(=O)N[C@H](C(C)C)C(=O)N3N=CCC[C@@H]3C(=O)N2N=C1. The van der Waals surface area contributed by atoms with Crippen LogP contribution in [0.5, 0.6) is 0 Å². The minimum Gasteiger partial charge on any atom is -0.495 e. The third kappa shape index (κ3) is 6.38. The second kappa shape index (κ2) is 14.5. The molecule has 55 heavy (non-hydrogen) atoms. The quantitative estimate of drug-likeness (QED) is 0.318. The Hall–Kier alpha value is -5.07. The number of hydrazine groups is 1. The molecule has 0 saturated carbocycles. The number of carbonyl (C=O) groups is 6. The molecule has 8 atom stereocenters. The molecule has 7 rings (SSSR count). The normalized spacial score (nSPS) is 32.8. The van der Waals surface area contributed by atoms with Gasteiger partial charge in [-0.2, -0.15) is 10.2 Å². The standard InChI is InChI=1S/C36H45ClN10O8/c1-18(2)28-34(53)46-25(9-7-13-39-46)33(52)47-26(15-21(55-5)17-40-47)31(50)43(4)19(3)30(49)45-24(8-6-12-38-45)32(51)44-27(29(48)42-28)16-36(54)22-11-10-20(37)14-23(22)41-35(36)44/h10-11,13-15,17-19,24-28,35,38,41,54H,6-9,12,16H2,1-5H3,(H,42,48)/t19-,24+,25+,26?,27?,28+,35?,36?/m0/s1. The van der Waals surface area contributed by atoms with Crippen molar-refractivity contribution >= 4 is 65.2 Å². The number of aliphatic hydroxyl groups is 1. The van der Waals surface area contributed by atoms with E-state index in [0.29, 0.717) is 35.7 Å². The summed E-state index contributed by atoms with van der Waals surface area (Å²) in [5.41, 5.74) is 2.19. The number of benzene rings is 1. The Morgan fingerprint density at radius 2 is 1.71 bits per heavy atom. The molecule has 4 unspecified atom stereocenters. The smallest absolute Gasteiger partial charge is 0.268 e. The Morgan fingerprint density at radius 3 is 2.44 bits per heavy atom. The molecule has 0 aromatic heterocycles. The van der Waals surface area contributed by atoms with Crippen LogP contribution < -0.4 is 16.1 Å². The van der Waals surface area contributed by atoms with E-state index < -0.39 is 89.4 Å². The van der Waals surface area contributed by atoms with Crippen molar-refractivity contribution < 1.29 is 38.6 Å². The molecule has 0 spiro atoms. The summed E-state index contributed by atoms with van der Waals surface area (Å²) in [5, 5.41) is 30.4. The van der Waals surface area contributed by atoms with Crippen molar-refractivity contribution in [3.05, 3.63) is 40.6 Å². The lowest BCUT2D eigenvalue weighted by molar-refractivity contribution is -0.161. The molecule has 0 aliphatic carbocycles. The first-order valence-electron chi connectivity index (χ1n) is 18.4. The molecular weight excluding hydrogens is 736 g/mol. The van der Waals surface area contributed by atoms with Crippen LogP contribution in [-0.4, -0.2) is 141 Å². The summed E-state index contributed by atoms with van der Waals surface area (Å²) in [6.07, 6.45) is 3.95. The van der Waals surface area contributed by atoms with Gasteiger partial charge in [0.1, 0.15) is 47.7 Å². The Labute approximate surface area is 322 Å². The molecule has 6 amide bonds. The lowest BCUT2D eigenvalue weighted by atomic mass is 9.91. The molecule has 3 fully saturated rings. The molecule has 0 radical (unpaired) electrons. The number of hydrazone groups is 2. The van der Waals surface area contributed by atoms with E-state index in [1.807, 2.05) is 0 Å². The highest BCUT2D eigenvalue weighted by Gasteiger charge is 2.62. The largest absolute Gasteiger partial charge is 0.495 e. The highest BCUT2D eigenvalue weighted by molar-refractivity contribution is 6.31. The van der Waals surface area contributed by atoms with Crippen LogP contribution in [0.25, 0.3) is 0 Å². The lowest BCUT2D eigenvalue weighted by Crippen LogP contribution is -2.66. The summed E-state index contributed by atoms with van der Waals surface area (Å²) in [4.78, 5) is 89.3. The Balaban J connectivity index is 1.34. The molecule has 1 aromatic rings. The van der Waals surface area contributed by atoms with E-state index in [4.69, 9.17) is 16.3 Å². The minimum absolute atomic E-state index is 0.141. The van der Waals surface area contributed by atoms with E-state index in [2.05, 4.69) is 26.3 Å². The van der Waals surface area contributed by atoms with Crippen molar-refractivity contribution in [3.8, 4) is 0 Å². The van der Waals surface area contributed by atoms with Gasteiger partial charge in [-0.25, -0.2) is 15.4 Å². The van der Waals surface area contributed by atoms with Gasteiger partial charge >= 0.3 is 0 Å². The van der Waals surface area contributed by atoms with Crippen molar-refractivity contribution in [1.29, 1.82) is 0 Å². The van der Waals surface area contributed by atoms with Crippen molar-refractivity contribution in [1.82, 2.24) is 35.6 Å².